The summed E-state index contributed by atoms with van der Waals surface area (Å²) in [5, 5.41) is 2.88. The van der Waals surface area contributed by atoms with Gasteiger partial charge in [0.15, 0.2) is 0 Å². The molecule has 0 saturated carbocycles. The van der Waals surface area contributed by atoms with Crippen LogP contribution in [-0.2, 0) is 4.79 Å². The zero-order valence-electron chi connectivity index (χ0n) is 9.56. The Morgan fingerprint density at radius 3 is 1.85 bits per heavy atom. The summed E-state index contributed by atoms with van der Waals surface area (Å²) in [6.07, 6.45) is 0. The largest absolute Gasteiger partial charge is 0.350 e. The van der Waals surface area contributed by atoms with Gasteiger partial charge in [0.25, 0.3) is 0 Å². The molecule has 0 unspecified atom stereocenters. The Hall–Kier alpha value is -0.570. The average molecular weight is 186 g/mol. The molecule has 3 nitrogen and oxygen atoms in total. The van der Waals surface area contributed by atoms with Crippen molar-refractivity contribution >= 4 is 5.91 Å². The van der Waals surface area contributed by atoms with Crippen LogP contribution in [0.4, 0.5) is 0 Å². The first-order chi connectivity index (χ1) is 5.57. The Kier molecular flexibility index (Phi) is 3.50. The number of nitrogens with one attached hydrogen (secondary N) is 1. The molecule has 0 aromatic rings. The van der Waals surface area contributed by atoms with Crippen LogP contribution < -0.4 is 11.1 Å². The fraction of sp³-hybridized carbons (Fsp3) is 0.900. The van der Waals surface area contributed by atoms with Crippen molar-refractivity contribution in [1.29, 1.82) is 0 Å². The lowest BCUT2D eigenvalue weighted by Crippen LogP contribution is -2.59. The Labute approximate surface area is 81.1 Å². The van der Waals surface area contributed by atoms with Crippen molar-refractivity contribution in [3.63, 3.8) is 0 Å². The van der Waals surface area contributed by atoms with Crippen molar-refractivity contribution in [2.75, 3.05) is 0 Å². The van der Waals surface area contributed by atoms with Crippen LogP contribution >= 0.6 is 0 Å². The Morgan fingerprint density at radius 1 is 1.23 bits per heavy atom. The van der Waals surface area contributed by atoms with E-state index in [1.54, 1.807) is 6.92 Å². The second-order valence-electron chi connectivity index (χ2n) is 5.14. The predicted octanol–water partition coefficient (Wildman–Crippen LogP) is 1.27. The van der Waals surface area contributed by atoms with E-state index in [1.807, 2.05) is 34.6 Å². The third kappa shape index (κ3) is 3.77. The Morgan fingerprint density at radius 2 is 1.62 bits per heavy atom. The number of hydrogen-bond acceptors (Lipinski definition) is 2. The Balaban J connectivity index is 4.44. The van der Waals surface area contributed by atoms with Gasteiger partial charge in [-0.15, -0.1) is 0 Å². The van der Waals surface area contributed by atoms with Gasteiger partial charge in [0.1, 0.15) is 0 Å². The van der Waals surface area contributed by atoms with Gasteiger partial charge in [-0.05, 0) is 33.6 Å². The molecule has 0 spiro atoms. The van der Waals surface area contributed by atoms with E-state index in [0.717, 1.165) is 0 Å². The number of nitrogens with two attached hydrogens (primary N) is 1. The van der Waals surface area contributed by atoms with E-state index in [2.05, 4.69) is 5.32 Å². The van der Waals surface area contributed by atoms with Crippen LogP contribution in [-0.4, -0.2) is 17.0 Å². The van der Waals surface area contributed by atoms with Crippen molar-refractivity contribution < 1.29 is 4.79 Å². The highest BCUT2D eigenvalue weighted by molar-refractivity contribution is 5.86. The van der Waals surface area contributed by atoms with E-state index in [9.17, 15) is 4.79 Å². The van der Waals surface area contributed by atoms with E-state index >= 15 is 0 Å². The standard InChI is InChI=1S/C10H22N2O/c1-7(2)10(6,11)8(13)12-9(3,4)5/h7H,11H2,1-6H3,(H,12,13)/t10-/m1/s1. The third-order valence-electron chi connectivity index (χ3n) is 2.18. The lowest BCUT2D eigenvalue weighted by molar-refractivity contribution is -0.128. The minimum atomic E-state index is -0.784. The van der Waals surface area contributed by atoms with Crippen LogP contribution in [0.5, 0.6) is 0 Å². The summed E-state index contributed by atoms with van der Waals surface area (Å²) in [5.41, 5.74) is 4.90. The fourth-order valence-electron chi connectivity index (χ4n) is 0.737. The van der Waals surface area contributed by atoms with Crippen molar-refractivity contribution in [2.45, 2.75) is 52.6 Å². The van der Waals surface area contributed by atoms with Gasteiger partial charge in [-0.1, -0.05) is 13.8 Å². The van der Waals surface area contributed by atoms with Crippen molar-refractivity contribution in [3.05, 3.63) is 0 Å². The molecule has 1 atom stereocenters. The van der Waals surface area contributed by atoms with Crippen LogP contribution in [0.3, 0.4) is 0 Å². The molecule has 0 saturated heterocycles. The number of carbonyl (C=O) groups excluding carboxylic acids is 1. The SMILES string of the molecule is CC(C)[C@@](C)(N)C(=O)NC(C)(C)C. The number of rotatable bonds is 2. The third-order valence-corrected chi connectivity index (χ3v) is 2.18. The summed E-state index contributed by atoms with van der Waals surface area (Å²) in [6, 6.07) is 0. The first-order valence-electron chi connectivity index (χ1n) is 4.69. The monoisotopic (exact) mass is 186 g/mol. The quantitative estimate of drug-likeness (QED) is 0.682. The highest BCUT2D eigenvalue weighted by Crippen LogP contribution is 2.14. The molecule has 0 radical (unpaired) electrons. The maximum Gasteiger partial charge on any atom is 0.240 e. The number of hydrogen-bond donors (Lipinski definition) is 2. The van der Waals surface area contributed by atoms with Gasteiger partial charge in [0, 0.05) is 5.54 Å². The van der Waals surface area contributed by atoms with Crippen LogP contribution in [0.1, 0.15) is 41.5 Å². The molecule has 0 aliphatic heterocycles. The second kappa shape index (κ2) is 3.66. The van der Waals surface area contributed by atoms with Gasteiger partial charge in [0.05, 0.1) is 5.54 Å². The smallest absolute Gasteiger partial charge is 0.240 e. The maximum absolute atomic E-state index is 11.7. The molecule has 0 heterocycles. The molecule has 1 amide bonds. The van der Waals surface area contributed by atoms with Gasteiger partial charge in [-0.3, -0.25) is 4.79 Å². The minimum absolute atomic E-state index is 0.0880. The number of carbonyl (C=O) groups is 1. The molecule has 0 fully saturated rings. The number of amides is 1. The van der Waals surface area contributed by atoms with Gasteiger partial charge in [-0.2, -0.15) is 0 Å². The molecule has 0 aromatic heterocycles. The average Bonchev–Trinajstić information content (AvgIpc) is 1.82. The van der Waals surface area contributed by atoms with E-state index in [1.165, 1.54) is 0 Å². The molecule has 0 aliphatic carbocycles. The van der Waals surface area contributed by atoms with Gasteiger partial charge >= 0.3 is 0 Å². The zero-order valence-corrected chi connectivity index (χ0v) is 9.56. The molecule has 0 bridgehead atoms. The van der Waals surface area contributed by atoms with Crippen molar-refractivity contribution in [3.8, 4) is 0 Å². The van der Waals surface area contributed by atoms with Crippen molar-refractivity contribution in [1.82, 2.24) is 5.32 Å². The molecule has 78 valence electrons. The minimum Gasteiger partial charge on any atom is -0.350 e. The summed E-state index contributed by atoms with van der Waals surface area (Å²) < 4.78 is 0. The van der Waals surface area contributed by atoms with Gasteiger partial charge in [0.2, 0.25) is 5.91 Å². The van der Waals surface area contributed by atoms with E-state index in [-0.39, 0.29) is 17.4 Å². The summed E-state index contributed by atoms with van der Waals surface area (Å²) >= 11 is 0. The zero-order chi connectivity index (χ0) is 10.9. The normalized spacial score (nSPS) is 16.9. The summed E-state index contributed by atoms with van der Waals surface area (Å²) in [6.45, 7) is 11.5. The van der Waals surface area contributed by atoms with E-state index in [0.29, 0.717) is 0 Å². The lowest BCUT2D eigenvalue weighted by Gasteiger charge is -2.32. The van der Waals surface area contributed by atoms with Crippen molar-refractivity contribution in [2.24, 2.45) is 11.7 Å². The molecule has 0 aromatic carbocycles. The fourth-order valence-corrected chi connectivity index (χ4v) is 0.737. The van der Waals surface area contributed by atoms with Crippen LogP contribution in [0.25, 0.3) is 0 Å². The van der Waals surface area contributed by atoms with E-state index in [4.69, 9.17) is 5.73 Å². The first kappa shape index (κ1) is 12.4. The molecule has 13 heavy (non-hydrogen) atoms. The van der Waals surface area contributed by atoms with E-state index < -0.39 is 5.54 Å². The van der Waals surface area contributed by atoms with Crippen LogP contribution in [0.2, 0.25) is 0 Å². The molecule has 0 aliphatic rings. The lowest BCUT2D eigenvalue weighted by atomic mass is 9.88. The summed E-state index contributed by atoms with van der Waals surface area (Å²) in [5.74, 6) is 0.0462. The van der Waals surface area contributed by atoms with Crippen LogP contribution in [0, 0.1) is 5.92 Å². The predicted molar refractivity (Wildman–Crippen MR) is 55.3 cm³/mol. The van der Waals surface area contributed by atoms with Gasteiger partial charge < -0.3 is 11.1 Å². The molecule has 0 rings (SSSR count). The maximum atomic E-state index is 11.7. The molecular weight excluding hydrogens is 164 g/mol. The second-order valence-corrected chi connectivity index (χ2v) is 5.14. The topological polar surface area (TPSA) is 55.1 Å². The van der Waals surface area contributed by atoms with Crippen LogP contribution in [0.15, 0.2) is 0 Å². The molecule has 3 heteroatoms. The molecule has 3 N–H and O–H groups in total. The van der Waals surface area contributed by atoms with Gasteiger partial charge in [-0.25, -0.2) is 0 Å². The highest BCUT2D eigenvalue weighted by Gasteiger charge is 2.33. The highest BCUT2D eigenvalue weighted by atomic mass is 16.2. The summed E-state index contributed by atoms with van der Waals surface area (Å²) in [4.78, 5) is 11.7. The molecular formula is C10H22N2O. The Bertz CT molecular complexity index is 190. The summed E-state index contributed by atoms with van der Waals surface area (Å²) in [7, 11) is 0. The first-order valence-corrected chi connectivity index (χ1v) is 4.69.